The average Bonchev–Trinajstić information content (AvgIpc) is 2.53. The summed E-state index contributed by atoms with van der Waals surface area (Å²) in [6.07, 6.45) is 0. The van der Waals surface area contributed by atoms with Crippen LogP contribution in [-0.2, 0) is 5.41 Å². The molecule has 0 aliphatic heterocycles. The molecule has 0 spiro atoms. The first-order valence-corrected chi connectivity index (χ1v) is 7.69. The van der Waals surface area contributed by atoms with Gasteiger partial charge in [0, 0.05) is 17.2 Å². The second-order valence-corrected chi connectivity index (χ2v) is 6.26. The Morgan fingerprint density at radius 3 is 2.61 bits per heavy atom. The highest BCUT2D eigenvalue weighted by atomic mass is 16.5. The molecule has 0 aliphatic rings. The Morgan fingerprint density at radius 1 is 1.17 bits per heavy atom. The van der Waals surface area contributed by atoms with E-state index in [0.717, 1.165) is 11.4 Å². The largest absolute Gasteiger partial charge is 0.497 e. The topological polar surface area (TPSA) is 59.6 Å². The average molecular weight is 311 g/mol. The van der Waals surface area contributed by atoms with Gasteiger partial charge in [0.25, 0.3) is 0 Å². The maximum Gasteiger partial charge on any atom is 0.193 e. The summed E-state index contributed by atoms with van der Waals surface area (Å²) in [6, 6.07) is 16.0. The Kier molecular flexibility index (Phi) is 5.27. The number of benzene rings is 2. The third kappa shape index (κ3) is 4.49. The fourth-order valence-electron chi connectivity index (χ4n) is 2.59. The third-order valence-electron chi connectivity index (χ3n) is 3.86. The Bertz CT molecular complexity index is 693. The fraction of sp³-hybridized carbons (Fsp3) is 0.316. The number of anilines is 1. The Hall–Kier alpha value is -2.49. The van der Waals surface area contributed by atoms with E-state index < -0.39 is 0 Å². The molecule has 0 unspecified atom stereocenters. The first kappa shape index (κ1) is 16.9. The molecule has 0 fully saturated rings. The van der Waals surface area contributed by atoms with Gasteiger partial charge in [-0.05, 0) is 30.2 Å². The van der Waals surface area contributed by atoms with E-state index in [1.165, 1.54) is 11.1 Å². The molecule has 122 valence electrons. The molecule has 0 bridgehead atoms. The molecule has 4 nitrogen and oxygen atoms in total. The summed E-state index contributed by atoms with van der Waals surface area (Å²) in [6.45, 7) is 7.09. The van der Waals surface area contributed by atoms with E-state index >= 15 is 0 Å². The number of nitrogens with one attached hydrogen (secondary N) is 1. The van der Waals surface area contributed by atoms with Gasteiger partial charge in [0.2, 0.25) is 0 Å². The summed E-state index contributed by atoms with van der Waals surface area (Å²) in [5.74, 6) is 1.18. The molecule has 0 aliphatic carbocycles. The molecular formula is C19H25N3O. The van der Waals surface area contributed by atoms with Crippen molar-refractivity contribution in [2.75, 3.05) is 19.0 Å². The molecule has 3 N–H and O–H groups in total. The minimum absolute atomic E-state index is 0.0774. The molecule has 0 saturated heterocycles. The molecule has 2 aromatic carbocycles. The molecule has 0 amide bonds. The third-order valence-corrected chi connectivity index (χ3v) is 3.86. The quantitative estimate of drug-likeness (QED) is 0.654. The first-order valence-electron chi connectivity index (χ1n) is 7.69. The van der Waals surface area contributed by atoms with E-state index in [-0.39, 0.29) is 5.41 Å². The number of ether oxygens (including phenoxy) is 1. The van der Waals surface area contributed by atoms with Crippen LogP contribution in [0.3, 0.4) is 0 Å². The number of aryl methyl sites for hydroxylation is 1. The lowest BCUT2D eigenvalue weighted by atomic mass is 9.82. The smallest absolute Gasteiger partial charge is 0.193 e. The van der Waals surface area contributed by atoms with Crippen LogP contribution in [0, 0.1) is 6.92 Å². The van der Waals surface area contributed by atoms with Crippen molar-refractivity contribution in [3.05, 3.63) is 59.7 Å². The van der Waals surface area contributed by atoms with Gasteiger partial charge in [0.15, 0.2) is 5.96 Å². The molecule has 4 heteroatoms. The molecule has 2 aromatic rings. The zero-order valence-corrected chi connectivity index (χ0v) is 14.3. The maximum absolute atomic E-state index is 6.02. The minimum Gasteiger partial charge on any atom is -0.497 e. The lowest BCUT2D eigenvalue weighted by Gasteiger charge is -2.25. The van der Waals surface area contributed by atoms with Crippen molar-refractivity contribution in [3.63, 3.8) is 0 Å². The highest BCUT2D eigenvalue weighted by molar-refractivity contribution is 5.92. The molecule has 0 aromatic heterocycles. The molecule has 0 atom stereocenters. The summed E-state index contributed by atoms with van der Waals surface area (Å²) in [5, 5.41) is 3.10. The van der Waals surface area contributed by atoms with Gasteiger partial charge in [0.05, 0.1) is 13.7 Å². The number of rotatable bonds is 5. The van der Waals surface area contributed by atoms with Gasteiger partial charge in [-0.3, -0.25) is 4.99 Å². The van der Waals surface area contributed by atoms with E-state index in [1.54, 1.807) is 7.11 Å². The second-order valence-electron chi connectivity index (χ2n) is 6.26. The van der Waals surface area contributed by atoms with Crippen molar-refractivity contribution in [2.45, 2.75) is 26.2 Å². The van der Waals surface area contributed by atoms with Crippen LogP contribution in [0.4, 0.5) is 5.69 Å². The van der Waals surface area contributed by atoms with Crippen LogP contribution < -0.4 is 15.8 Å². The number of methoxy groups -OCH3 is 1. The van der Waals surface area contributed by atoms with E-state index in [2.05, 4.69) is 55.3 Å². The summed E-state index contributed by atoms with van der Waals surface area (Å²) >= 11 is 0. The Balaban J connectivity index is 2.07. The summed E-state index contributed by atoms with van der Waals surface area (Å²) < 4.78 is 5.20. The van der Waals surface area contributed by atoms with Crippen molar-refractivity contribution in [3.8, 4) is 5.75 Å². The normalized spacial score (nSPS) is 12.1. The van der Waals surface area contributed by atoms with Crippen molar-refractivity contribution in [2.24, 2.45) is 10.7 Å². The number of aliphatic imine (C=N–C) groups is 1. The Labute approximate surface area is 138 Å². The van der Waals surface area contributed by atoms with E-state index in [4.69, 9.17) is 10.5 Å². The lowest BCUT2D eigenvalue weighted by molar-refractivity contribution is 0.415. The van der Waals surface area contributed by atoms with Crippen molar-refractivity contribution in [1.29, 1.82) is 0 Å². The van der Waals surface area contributed by atoms with Gasteiger partial charge in [-0.1, -0.05) is 44.2 Å². The summed E-state index contributed by atoms with van der Waals surface area (Å²) in [5.41, 5.74) is 9.36. The molecular weight excluding hydrogens is 286 g/mol. The van der Waals surface area contributed by atoms with Gasteiger partial charge in [-0.2, -0.15) is 0 Å². The zero-order valence-electron chi connectivity index (χ0n) is 14.3. The van der Waals surface area contributed by atoms with Crippen molar-refractivity contribution >= 4 is 11.6 Å². The van der Waals surface area contributed by atoms with Crippen LogP contribution in [0.2, 0.25) is 0 Å². The molecule has 23 heavy (non-hydrogen) atoms. The SMILES string of the molecule is COc1cccc(NC(N)=NCC(C)(C)c2ccccc2C)c1. The summed E-state index contributed by atoms with van der Waals surface area (Å²) in [7, 11) is 1.64. The van der Waals surface area contributed by atoms with Gasteiger partial charge in [0.1, 0.15) is 5.75 Å². The van der Waals surface area contributed by atoms with E-state index in [0.29, 0.717) is 12.5 Å². The Morgan fingerprint density at radius 2 is 1.91 bits per heavy atom. The van der Waals surface area contributed by atoms with Crippen molar-refractivity contribution in [1.82, 2.24) is 0 Å². The standard InChI is InChI=1S/C19H25N3O/c1-14-8-5-6-11-17(14)19(2,3)13-21-18(20)22-15-9-7-10-16(12-15)23-4/h5-12H,13H2,1-4H3,(H3,20,21,22). The predicted octanol–water partition coefficient (Wildman–Crippen LogP) is 3.71. The maximum atomic E-state index is 6.02. The number of hydrogen-bond acceptors (Lipinski definition) is 2. The molecule has 0 saturated carbocycles. The number of guanidine groups is 1. The van der Waals surface area contributed by atoms with Gasteiger partial charge < -0.3 is 15.8 Å². The van der Waals surface area contributed by atoms with Crippen LogP contribution in [0.1, 0.15) is 25.0 Å². The van der Waals surface area contributed by atoms with Gasteiger partial charge in [-0.15, -0.1) is 0 Å². The molecule has 0 radical (unpaired) electrons. The van der Waals surface area contributed by atoms with Crippen LogP contribution in [0.5, 0.6) is 5.75 Å². The van der Waals surface area contributed by atoms with Crippen LogP contribution in [-0.4, -0.2) is 19.6 Å². The number of nitrogens with zero attached hydrogens (tertiary/aromatic N) is 1. The second kappa shape index (κ2) is 7.18. The van der Waals surface area contributed by atoms with Crippen LogP contribution >= 0.6 is 0 Å². The predicted molar refractivity (Wildman–Crippen MR) is 97.3 cm³/mol. The van der Waals surface area contributed by atoms with E-state index in [1.807, 2.05) is 24.3 Å². The zero-order chi connectivity index (χ0) is 16.9. The van der Waals surface area contributed by atoms with Gasteiger partial charge in [-0.25, -0.2) is 0 Å². The fourth-order valence-corrected chi connectivity index (χ4v) is 2.59. The first-order chi connectivity index (χ1) is 10.9. The lowest BCUT2D eigenvalue weighted by Crippen LogP contribution is -2.28. The number of hydrogen-bond donors (Lipinski definition) is 2. The molecule has 2 rings (SSSR count). The highest BCUT2D eigenvalue weighted by Gasteiger charge is 2.21. The highest BCUT2D eigenvalue weighted by Crippen LogP contribution is 2.26. The summed E-state index contributed by atoms with van der Waals surface area (Å²) in [4.78, 5) is 4.51. The van der Waals surface area contributed by atoms with Crippen molar-refractivity contribution < 1.29 is 4.74 Å². The monoisotopic (exact) mass is 311 g/mol. The minimum atomic E-state index is -0.0774. The van der Waals surface area contributed by atoms with E-state index in [9.17, 15) is 0 Å². The van der Waals surface area contributed by atoms with Crippen LogP contribution in [0.15, 0.2) is 53.5 Å². The van der Waals surface area contributed by atoms with Crippen LogP contribution in [0.25, 0.3) is 0 Å². The number of nitrogens with two attached hydrogens (primary N) is 1. The molecule has 0 heterocycles. The van der Waals surface area contributed by atoms with Gasteiger partial charge >= 0.3 is 0 Å².